The van der Waals surface area contributed by atoms with E-state index in [1.54, 1.807) is 19.5 Å². The standard InChI is InChI=1S/C29H36N10O3/c1-17-7-8-18(13-32-17)14-33-27(40)23(30)16-39(31)11-5-4-6-20-12-21-24(22-15-34-29(42-3)36-28(22)41-2)25(19-9-10-19)35-26(21)38-37-20/h7-8,12-13,15-16,19H,4-6,9-11,14,30-31H2,1-3H3,(H,33,40)(H,35,38)/b23-16-. The first-order chi connectivity index (χ1) is 20.4. The van der Waals surface area contributed by atoms with E-state index in [1.165, 1.54) is 18.3 Å². The van der Waals surface area contributed by atoms with Crippen LogP contribution < -0.4 is 26.4 Å². The molecule has 0 atom stereocenters. The normalized spacial score (nSPS) is 13.3. The molecule has 13 heteroatoms. The zero-order chi connectivity index (χ0) is 29.6. The number of aryl methyl sites for hydroxylation is 2. The van der Waals surface area contributed by atoms with Crippen LogP contribution in [-0.4, -0.2) is 61.8 Å². The molecule has 6 N–H and O–H groups in total. The highest BCUT2D eigenvalue weighted by Crippen LogP contribution is 2.48. The highest BCUT2D eigenvalue weighted by atomic mass is 16.5. The van der Waals surface area contributed by atoms with Crippen LogP contribution in [0.4, 0.5) is 0 Å². The Hall–Kier alpha value is -4.78. The van der Waals surface area contributed by atoms with Crippen molar-refractivity contribution in [3.8, 4) is 23.0 Å². The Morgan fingerprint density at radius 2 is 2.00 bits per heavy atom. The van der Waals surface area contributed by atoms with Crippen LogP contribution in [0.15, 0.2) is 42.5 Å². The molecule has 5 rings (SSSR count). The van der Waals surface area contributed by atoms with Gasteiger partial charge in [0.05, 0.1) is 25.5 Å². The van der Waals surface area contributed by atoms with Gasteiger partial charge in [0, 0.05) is 54.0 Å². The van der Waals surface area contributed by atoms with Gasteiger partial charge in [-0.25, -0.2) is 10.8 Å². The number of aromatic nitrogens is 6. The number of nitrogens with one attached hydrogen (secondary N) is 2. The fourth-order valence-corrected chi connectivity index (χ4v) is 4.71. The third-order valence-electron chi connectivity index (χ3n) is 7.09. The number of carbonyl (C=O) groups is 1. The Balaban J connectivity index is 1.20. The van der Waals surface area contributed by atoms with Gasteiger partial charge in [0.2, 0.25) is 5.88 Å². The summed E-state index contributed by atoms with van der Waals surface area (Å²) in [5.74, 6) is 6.57. The van der Waals surface area contributed by atoms with E-state index in [-0.39, 0.29) is 17.6 Å². The first-order valence-electron chi connectivity index (χ1n) is 13.9. The molecule has 0 unspecified atom stereocenters. The van der Waals surface area contributed by atoms with Gasteiger partial charge in [0.25, 0.3) is 5.91 Å². The molecule has 1 saturated carbocycles. The van der Waals surface area contributed by atoms with Crippen molar-refractivity contribution in [2.24, 2.45) is 11.6 Å². The number of fused-ring (bicyclic) bond motifs is 1. The van der Waals surface area contributed by atoms with Gasteiger partial charge < -0.3 is 30.5 Å². The number of hydrogen-bond donors (Lipinski definition) is 4. The highest BCUT2D eigenvalue weighted by molar-refractivity contribution is 5.97. The van der Waals surface area contributed by atoms with E-state index in [4.69, 9.17) is 21.1 Å². The second kappa shape index (κ2) is 12.8. The number of ether oxygens (including phenoxy) is 2. The summed E-state index contributed by atoms with van der Waals surface area (Å²) in [5.41, 5.74) is 12.3. The zero-order valence-electron chi connectivity index (χ0n) is 24.1. The lowest BCUT2D eigenvalue weighted by Crippen LogP contribution is -2.33. The van der Waals surface area contributed by atoms with Crippen molar-refractivity contribution >= 4 is 16.9 Å². The second-order valence-corrected chi connectivity index (χ2v) is 10.3. The van der Waals surface area contributed by atoms with Crippen LogP contribution in [0.25, 0.3) is 22.2 Å². The predicted molar refractivity (Wildman–Crippen MR) is 157 cm³/mol. The van der Waals surface area contributed by atoms with E-state index >= 15 is 0 Å². The van der Waals surface area contributed by atoms with Gasteiger partial charge in [0.1, 0.15) is 5.70 Å². The number of methoxy groups -OCH3 is 2. The summed E-state index contributed by atoms with van der Waals surface area (Å²) in [4.78, 5) is 28.7. The molecular formula is C29H36N10O3. The molecule has 1 fully saturated rings. The Morgan fingerprint density at radius 3 is 2.71 bits per heavy atom. The number of unbranched alkanes of at least 4 members (excludes halogenated alkanes) is 1. The molecule has 1 aliphatic carbocycles. The first kappa shape index (κ1) is 28.7. The van der Waals surface area contributed by atoms with Gasteiger partial charge in [-0.05, 0) is 62.6 Å². The number of carbonyl (C=O) groups excluding carboxylic acids is 1. The molecular weight excluding hydrogens is 536 g/mol. The molecule has 1 aliphatic rings. The number of hydrogen-bond acceptors (Lipinski definition) is 11. The molecule has 0 saturated heterocycles. The SMILES string of the molecule is COc1ncc(-c2c(C3CC3)[nH]c3nnc(CCCCN(N)/C=C(\N)C(=O)NCc4ccc(C)nc4)cc23)c(OC)n1. The van der Waals surface area contributed by atoms with Crippen LogP contribution in [0.3, 0.4) is 0 Å². The molecule has 4 aromatic rings. The molecule has 1 amide bonds. The first-order valence-corrected chi connectivity index (χ1v) is 13.9. The summed E-state index contributed by atoms with van der Waals surface area (Å²) in [7, 11) is 3.11. The van der Waals surface area contributed by atoms with Gasteiger partial charge in [-0.1, -0.05) is 6.07 Å². The Bertz CT molecular complexity index is 1580. The zero-order valence-corrected chi connectivity index (χ0v) is 24.1. The molecule has 13 nitrogen and oxygen atoms in total. The van der Waals surface area contributed by atoms with Crippen molar-refractivity contribution in [2.45, 2.75) is 51.5 Å². The molecule has 42 heavy (non-hydrogen) atoms. The van der Waals surface area contributed by atoms with Crippen molar-refractivity contribution in [3.63, 3.8) is 0 Å². The number of H-pyrrole nitrogens is 1. The monoisotopic (exact) mass is 572 g/mol. The van der Waals surface area contributed by atoms with Gasteiger partial charge >= 0.3 is 6.01 Å². The minimum atomic E-state index is -0.388. The van der Waals surface area contributed by atoms with Gasteiger partial charge in [-0.15, -0.1) is 5.10 Å². The van der Waals surface area contributed by atoms with Crippen molar-refractivity contribution in [2.75, 3.05) is 20.8 Å². The number of nitrogens with two attached hydrogens (primary N) is 2. The average Bonchev–Trinajstić information content (AvgIpc) is 3.78. The third-order valence-corrected chi connectivity index (χ3v) is 7.09. The quantitative estimate of drug-likeness (QED) is 0.0799. The fraction of sp³-hybridized carbons (Fsp3) is 0.379. The molecule has 0 bridgehead atoms. The van der Waals surface area contributed by atoms with Crippen molar-refractivity contribution < 1.29 is 14.3 Å². The summed E-state index contributed by atoms with van der Waals surface area (Å²) in [5, 5.41) is 14.1. The van der Waals surface area contributed by atoms with E-state index in [9.17, 15) is 4.79 Å². The summed E-state index contributed by atoms with van der Waals surface area (Å²) in [6, 6.07) is 6.11. The maximum Gasteiger partial charge on any atom is 0.319 e. The number of pyridine rings is 1. The van der Waals surface area contributed by atoms with Gasteiger partial charge in [-0.3, -0.25) is 9.78 Å². The summed E-state index contributed by atoms with van der Waals surface area (Å²) < 4.78 is 10.8. The van der Waals surface area contributed by atoms with Crippen LogP contribution >= 0.6 is 0 Å². The van der Waals surface area contributed by atoms with Crippen LogP contribution in [0.2, 0.25) is 0 Å². The minimum absolute atomic E-state index is 0.0401. The number of rotatable bonds is 13. The fourth-order valence-electron chi connectivity index (χ4n) is 4.71. The smallest absolute Gasteiger partial charge is 0.319 e. The molecule has 220 valence electrons. The predicted octanol–water partition coefficient (Wildman–Crippen LogP) is 2.63. The van der Waals surface area contributed by atoms with E-state index < -0.39 is 0 Å². The summed E-state index contributed by atoms with van der Waals surface area (Å²) in [6.45, 7) is 2.76. The van der Waals surface area contributed by atoms with Gasteiger partial charge in [-0.2, -0.15) is 10.1 Å². The molecule has 0 spiro atoms. The average molecular weight is 573 g/mol. The maximum absolute atomic E-state index is 12.3. The number of nitrogens with zero attached hydrogens (tertiary/aromatic N) is 6. The molecule has 0 aromatic carbocycles. The Kier molecular flexibility index (Phi) is 8.77. The highest BCUT2D eigenvalue weighted by Gasteiger charge is 2.31. The maximum atomic E-state index is 12.3. The second-order valence-electron chi connectivity index (χ2n) is 10.3. The van der Waals surface area contributed by atoms with Crippen molar-refractivity contribution in [1.82, 2.24) is 40.5 Å². The van der Waals surface area contributed by atoms with E-state index in [2.05, 4.69) is 41.5 Å². The number of hydrazine groups is 1. The summed E-state index contributed by atoms with van der Waals surface area (Å²) in [6.07, 6.45) is 9.42. The van der Waals surface area contributed by atoms with E-state index in [1.807, 2.05) is 19.1 Å². The van der Waals surface area contributed by atoms with E-state index in [0.29, 0.717) is 31.3 Å². The lowest BCUT2D eigenvalue weighted by Gasteiger charge is -2.15. The lowest BCUT2D eigenvalue weighted by atomic mass is 10.0. The lowest BCUT2D eigenvalue weighted by molar-refractivity contribution is -0.117. The largest absolute Gasteiger partial charge is 0.480 e. The van der Waals surface area contributed by atoms with Crippen molar-refractivity contribution in [3.05, 3.63) is 65.1 Å². The Morgan fingerprint density at radius 1 is 1.17 bits per heavy atom. The van der Waals surface area contributed by atoms with Crippen LogP contribution in [0, 0.1) is 6.92 Å². The Labute approximate surface area is 243 Å². The third kappa shape index (κ3) is 6.74. The molecule has 4 heterocycles. The van der Waals surface area contributed by atoms with Crippen LogP contribution in [0.5, 0.6) is 11.9 Å². The molecule has 4 aromatic heterocycles. The van der Waals surface area contributed by atoms with Crippen molar-refractivity contribution in [1.29, 1.82) is 0 Å². The van der Waals surface area contributed by atoms with Crippen LogP contribution in [-0.2, 0) is 17.8 Å². The molecule has 0 radical (unpaired) electrons. The number of aromatic amines is 1. The minimum Gasteiger partial charge on any atom is -0.480 e. The van der Waals surface area contributed by atoms with Crippen LogP contribution in [0.1, 0.15) is 54.2 Å². The number of amides is 1. The van der Waals surface area contributed by atoms with E-state index in [0.717, 1.165) is 70.5 Å². The van der Waals surface area contributed by atoms with Gasteiger partial charge in [0.15, 0.2) is 5.65 Å². The summed E-state index contributed by atoms with van der Waals surface area (Å²) >= 11 is 0. The topological polar surface area (TPSA) is 183 Å². The molecule has 0 aliphatic heterocycles.